The van der Waals surface area contributed by atoms with Crippen LogP contribution in [0.4, 0.5) is 8.78 Å². The Labute approximate surface area is 103 Å². The van der Waals surface area contributed by atoms with Gasteiger partial charge in [-0.1, -0.05) is 0 Å². The number of rotatable bonds is 2. The fourth-order valence-electron chi connectivity index (χ4n) is 1.08. The van der Waals surface area contributed by atoms with Crippen molar-refractivity contribution in [1.29, 1.82) is 0 Å². The average molecular weight is 247 g/mol. The topological polar surface area (TPSA) is 34.1 Å². The second-order valence-corrected chi connectivity index (χ2v) is 3.34. The second kappa shape index (κ2) is 7.06. The lowest BCUT2D eigenvalue weighted by Gasteiger charge is -1.86. The van der Waals surface area contributed by atoms with Gasteiger partial charge >= 0.3 is 0 Å². The molecule has 2 aromatic carbocycles. The molecule has 0 fully saturated rings. The van der Waals surface area contributed by atoms with E-state index in [-0.39, 0.29) is 11.6 Å². The molecule has 2 aromatic rings. The molecule has 0 saturated carbocycles. The predicted octanol–water partition coefficient (Wildman–Crippen LogP) is 3.28. The molecule has 4 heteroatoms. The summed E-state index contributed by atoms with van der Waals surface area (Å²) < 4.78 is 24.2. The van der Waals surface area contributed by atoms with Gasteiger partial charge in [-0.2, -0.15) is 0 Å². The highest BCUT2D eigenvalue weighted by atomic mass is 19.1. The Morgan fingerprint density at radius 1 is 0.611 bits per heavy atom. The molecule has 0 spiro atoms. The molecule has 2 nitrogen and oxygen atoms in total. The molecule has 0 aliphatic carbocycles. The number of carbonyl (C=O) groups excluding carboxylic acids is 2. The summed E-state index contributed by atoms with van der Waals surface area (Å²) in [4.78, 5) is 20.0. The van der Waals surface area contributed by atoms with Gasteiger partial charge in [-0.25, -0.2) is 8.78 Å². The number of halogens is 2. The van der Waals surface area contributed by atoms with E-state index in [1.807, 2.05) is 0 Å². The molecule has 2 rings (SSSR count). The van der Waals surface area contributed by atoms with Crippen LogP contribution in [-0.2, 0) is 0 Å². The van der Waals surface area contributed by atoms with Crippen LogP contribution < -0.4 is 0 Å². The lowest BCUT2D eigenvalue weighted by atomic mass is 10.2. The summed E-state index contributed by atoms with van der Waals surface area (Å²) >= 11 is 0. The van der Waals surface area contributed by atoms with Gasteiger partial charge in [0.2, 0.25) is 0 Å². The first-order chi connectivity index (χ1) is 8.65. The Morgan fingerprint density at radius 3 is 1.11 bits per heavy atom. The molecule has 0 saturated heterocycles. The van der Waals surface area contributed by atoms with Gasteiger partial charge in [0.15, 0.2) is 0 Å². The smallest absolute Gasteiger partial charge is 0.150 e. The molecule has 0 heterocycles. The summed E-state index contributed by atoms with van der Waals surface area (Å²) in [5.74, 6) is -0.638. The maximum Gasteiger partial charge on any atom is 0.150 e. The number of hydrogen-bond acceptors (Lipinski definition) is 2. The standard InChI is InChI=1S/2C7H5FO/c2*8-7-3-1-6(5-9)2-4-7/h2*1-5H/i8-1;. The second-order valence-electron chi connectivity index (χ2n) is 3.34. The monoisotopic (exact) mass is 247 g/mol. The molecule has 0 radical (unpaired) electrons. The van der Waals surface area contributed by atoms with Gasteiger partial charge in [-0.15, -0.1) is 0 Å². The third-order valence-corrected chi connectivity index (χ3v) is 2.01. The van der Waals surface area contributed by atoms with Gasteiger partial charge in [0, 0.05) is 11.1 Å². The molecule has 0 aliphatic heterocycles. The van der Waals surface area contributed by atoms with E-state index in [0.717, 1.165) is 0 Å². The lowest BCUT2D eigenvalue weighted by molar-refractivity contribution is 0.111. The van der Waals surface area contributed by atoms with Crippen LogP contribution in [0.3, 0.4) is 0 Å². The van der Waals surface area contributed by atoms with Crippen LogP contribution in [0.15, 0.2) is 48.5 Å². The number of carbonyl (C=O) groups is 2. The zero-order valence-electron chi connectivity index (χ0n) is 9.35. The highest BCUT2D eigenvalue weighted by Crippen LogP contribution is 1.99. The Balaban J connectivity index is 0.000000180. The van der Waals surface area contributed by atoms with Crippen molar-refractivity contribution in [2.75, 3.05) is 0 Å². The fraction of sp³-hybridized carbons (Fsp3) is 0. The van der Waals surface area contributed by atoms with Crippen molar-refractivity contribution in [3.63, 3.8) is 0 Å². The zero-order chi connectivity index (χ0) is 13.4. The summed E-state index contributed by atoms with van der Waals surface area (Å²) in [6.07, 6.45) is 1.36. The average Bonchev–Trinajstić information content (AvgIpc) is 2.41. The van der Waals surface area contributed by atoms with Crippen LogP contribution >= 0.6 is 0 Å². The normalized spacial score (nSPS) is 9.00. The Kier molecular flexibility index (Phi) is 5.38. The Hall–Kier alpha value is -2.36. The maximum absolute atomic E-state index is 12.1. The van der Waals surface area contributed by atoms with Gasteiger partial charge in [-0.05, 0) is 48.5 Å². The molecule has 0 bridgehead atoms. The molecule has 0 atom stereocenters. The minimum atomic E-state index is -0.319. The summed E-state index contributed by atoms with van der Waals surface area (Å²) in [6, 6.07) is 10.7. The first-order valence-corrected chi connectivity index (χ1v) is 5.07. The summed E-state index contributed by atoms with van der Waals surface area (Å²) in [5.41, 5.74) is 0.993. The minimum absolute atomic E-state index is 0.319. The van der Waals surface area contributed by atoms with Gasteiger partial charge in [0.25, 0.3) is 0 Å². The van der Waals surface area contributed by atoms with Crippen LogP contribution in [0, 0.1) is 11.6 Å². The number of benzene rings is 2. The fourth-order valence-corrected chi connectivity index (χ4v) is 1.08. The predicted molar refractivity (Wildman–Crippen MR) is 63.6 cm³/mol. The van der Waals surface area contributed by atoms with E-state index < -0.39 is 0 Å². The van der Waals surface area contributed by atoms with Crippen LogP contribution in [0.25, 0.3) is 0 Å². The van der Waals surface area contributed by atoms with E-state index in [1.165, 1.54) is 48.5 Å². The summed E-state index contributed by atoms with van der Waals surface area (Å²) in [7, 11) is 0. The lowest BCUT2D eigenvalue weighted by Crippen LogP contribution is -1.77. The zero-order valence-corrected chi connectivity index (χ0v) is 9.35. The molecule has 0 unspecified atom stereocenters. The Bertz CT molecular complexity index is 455. The highest BCUT2D eigenvalue weighted by molar-refractivity contribution is 5.74. The van der Waals surface area contributed by atoms with Crippen molar-refractivity contribution >= 4 is 12.6 Å². The van der Waals surface area contributed by atoms with E-state index in [0.29, 0.717) is 23.7 Å². The summed E-state index contributed by atoms with van der Waals surface area (Å²) in [5, 5.41) is 0. The molecular weight excluding hydrogens is 237 g/mol. The van der Waals surface area contributed by atoms with Crippen molar-refractivity contribution in [3.05, 3.63) is 71.3 Å². The first kappa shape index (κ1) is 13.7. The first-order valence-electron chi connectivity index (χ1n) is 5.07. The van der Waals surface area contributed by atoms with Crippen LogP contribution in [0.2, 0.25) is 0 Å². The van der Waals surface area contributed by atoms with Crippen molar-refractivity contribution in [1.82, 2.24) is 0 Å². The van der Waals surface area contributed by atoms with Crippen LogP contribution in [-0.4, -0.2) is 12.6 Å². The van der Waals surface area contributed by atoms with Gasteiger partial charge in [0.05, 0.1) is 0 Å². The van der Waals surface area contributed by atoms with Gasteiger partial charge < -0.3 is 0 Å². The number of aldehydes is 2. The molecule has 0 N–H and O–H groups in total. The van der Waals surface area contributed by atoms with E-state index in [2.05, 4.69) is 0 Å². The molecule has 18 heavy (non-hydrogen) atoms. The maximum atomic E-state index is 12.1. The van der Waals surface area contributed by atoms with Crippen molar-refractivity contribution in [2.45, 2.75) is 0 Å². The van der Waals surface area contributed by atoms with E-state index in [9.17, 15) is 18.4 Å². The van der Waals surface area contributed by atoms with Gasteiger partial charge in [0.1, 0.15) is 24.2 Å². The van der Waals surface area contributed by atoms with E-state index in [1.54, 1.807) is 0 Å². The molecular formula is C14H10F2O2. The minimum Gasteiger partial charge on any atom is -0.298 e. The summed E-state index contributed by atoms with van der Waals surface area (Å²) in [6.45, 7) is 0. The molecule has 0 aromatic heterocycles. The van der Waals surface area contributed by atoms with Gasteiger partial charge in [-0.3, -0.25) is 9.59 Å². The van der Waals surface area contributed by atoms with Crippen molar-refractivity contribution in [3.8, 4) is 0 Å². The third-order valence-electron chi connectivity index (χ3n) is 2.01. The Morgan fingerprint density at radius 2 is 0.889 bits per heavy atom. The molecule has 92 valence electrons. The van der Waals surface area contributed by atoms with Crippen LogP contribution in [0.1, 0.15) is 20.7 Å². The molecule has 0 amide bonds. The third kappa shape index (κ3) is 4.65. The van der Waals surface area contributed by atoms with E-state index >= 15 is 0 Å². The largest absolute Gasteiger partial charge is 0.298 e. The van der Waals surface area contributed by atoms with Crippen molar-refractivity contribution < 1.29 is 18.4 Å². The highest BCUT2D eigenvalue weighted by Gasteiger charge is 1.88. The SMILES string of the molecule is O=Cc1ccc(F)cc1.O=Cc1ccc([18F])cc1. The number of hydrogen-bond donors (Lipinski definition) is 0. The molecule has 0 aliphatic rings. The quantitative estimate of drug-likeness (QED) is 0.763. The van der Waals surface area contributed by atoms with Crippen LogP contribution in [0.5, 0.6) is 0 Å². The van der Waals surface area contributed by atoms with Crippen molar-refractivity contribution in [2.24, 2.45) is 0 Å². The van der Waals surface area contributed by atoms with E-state index in [4.69, 9.17) is 0 Å².